The van der Waals surface area contributed by atoms with Crippen LogP contribution in [0.2, 0.25) is 0 Å². The average molecular weight is 623 g/mol. The first kappa shape index (κ1) is 28.5. The summed E-state index contributed by atoms with van der Waals surface area (Å²) in [5, 5.41) is 11.9. The maximum absolute atomic E-state index is 14.0. The van der Waals surface area contributed by atoms with Crippen molar-refractivity contribution in [1.29, 1.82) is 0 Å². The van der Waals surface area contributed by atoms with Crippen molar-refractivity contribution in [2.75, 3.05) is 12.0 Å². The fourth-order valence-corrected chi connectivity index (χ4v) is 6.79. The molecule has 4 aromatic carbocycles. The zero-order valence-corrected chi connectivity index (χ0v) is 25.1. The third kappa shape index (κ3) is 5.17. The second-order valence-corrected chi connectivity index (χ2v) is 11.9. The van der Waals surface area contributed by atoms with E-state index in [1.165, 1.54) is 30.2 Å². The molecule has 1 aromatic heterocycles. The maximum atomic E-state index is 14.0. The van der Waals surface area contributed by atoms with Gasteiger partial charge in [0, 0.05) is 12.0 Å². The van der Waals surface area contributed by atoms with Crippen LogP contribution in [0.15, 0.2) is 90.5 Å². The number of aromatic nitrogens is 1. The molecule has 2 aliphatic rings. The number of ether oxygens (including phenoxy) is 3. The predicted molar refractivity (Wildman–Crippen MR) is 168 cm³/mol. The number of aliphatic hydroxyl groups excluding tert-OH is 1. The summed E-state index contributed by atoms with van der Waals surface area (Å²) in [6.07, 6.45) is 0.639. The highest BCUT2D eigenvalue weighted by atomic mass is 32.1. The number of hydrogen-bond acceptors (Lipinski definition) is 8. The first-order valence-electron chi connectivity index (χ1n) is 14.3. The Bertz CT molecular complexity index is 2010. The smallest absolute Gasteiger partial charge is 0.301 e. The number of anilines is 1. The summed E-state index contributed by atoms with van der Waals surface area (Å²) < 4.78 is 32.1. The van der Waals surface area contributed by atoms with E-state index in [1.807, 2.05) is 37.3 Å². The van der Waals surface area contributed by atoms with Gasteiger partial charge in [-0.15, -0.1) is 0 Å². The molecule has 1 amide bonds. The van der Waals surface area contributed by atoms with Crippen molar-refractivity contribution in [3.63, 3.8) is 0 Å². The van der Waals surface area contributed by atoms with Crippen LogP contribution in [-0.2, 0) is 22.6 Å². The van der Waals surface area contributed by atoms with Crippen molar-refractivity contribution >= 4 is 44.1 Å². The van der Waals surface area contributed by atoms with Gasteiger partial charge in [0.25, 0.3) is 5.78 Å². The molecule has 0 spiro atoms. The molecule has 1 fully saturated rings. The van der Waals surface area contributed by atoms with Gasteiger partial charge in [-0.2, -0.15) is 0 Å². The fraction of sp³-hybridized carbons (Fsp3) is 0.171. The molecular formula is C35H27FN2O6S. The van der Waals surface area contributed by atoms with Crippen LogP contribution in [0.4, 0.5) is 9.52 Å². The Kier molecular flexibility index (Phi) is 7.21. The highest BCUT2D eigenvalue weighted by Gasteiger charge is 2.48. The zero-order chi connectivity index (χ0) is 31.2. The van der Waals surface area contributed by atoms with Gasteiger partial charge in [0.2, 0.25) is 0 Å². The molecule has 7 rings (SSSR count). The van der Waals surface area contributed by atoms with Crippen molar-refractivity contribution in [2.24, 2.45) is 0 Å². The topological polar surface area (TPSA) is 98.2 Å². The molecule has 0 radical (unpaired) electrons. The number of amides is 1. The molecule has 0 saturated carbocycles. The van der Waals surface area contributed by atoms with E-state index in [0.29, 0.717) is 51.6 Å². The lowest BCUT2D eigenvalue weighted by Crippen LogP contribution is -2.29. The first-order valence-corrected chi connectivity index (χ1v) is 15.1. The average Bonchev–Trinajstić information content (AvgIpc) is 3.71. The molecule has 5 aromatic rings. The standard InChI is InChI=1S/C35H27FN2O6S/c1-19-14-23-15-22(9-12-26(23)44-19)32(39)30-31(21-8-13-27(28(16-21)42-2)43-18-20-6-4-3-5-7-20)38(34(41)33(30)40)35-37-25-11-10-24(36)17-29(25)45-35/h3-13,15-17,19,31,39H,14,18H2,1-2H3/t19-,31+/m1/s1. The third-order valence-electron chi connectivity index (χ3n) is 7.90. The number of carbonyl (C=O) groups is 2. The number of Topliss-reactive ketones (excluding diaryl/α,β-unsaturated/α-hetero) is 1. The first-order chi connectivity index (χ1) is 21.8. The van der Waals surface area contributed by atoms with E-state index in [4.69, 9.17) is 14.2 Å². The van der Waals surface area contributed by atoms with Crippen molar-refractivity contribution in [2.45, 2.75) is 32.1 Å². The van der Waals surface area contributed by atoms with Crippen LogP contribution in [0, 0.1) is 5.82 Å². The summed E-state index contributed by atoms with van der Waals surface area (Å²) in [4.78, 5) is 33.3. The Morgan fingerprint density at radius 2 is 1.87 bits per heavy atom. The number of ketones is 1. The molecular weight excluding hydrogens is 595 g/mol. The number of rotatable bonds is 7. The lowest BCUT2D eigenvalue weighted by molar-refractivity contribution is -0.132. The Morgan fingerprint density at radius 3 is 2.67 bits per heavy atom. The summed E-state index contributed by atoms with van der Waals surface area (Å²) in [5.74, 6) is -0.928. The molecule has 0 aliphatic carbocycles. The largest absolute Gasteiger partial charge is 0.507 e. The molecule has 1 saturated heterocycles. The molecule has 45 heavy (non-hydrogen) atoms. The van der Waals surface area contributed by atoms with Gasteiger partial charge in [0.05, 0.1) is 28.9 Å². The number of aliphatic hydroxyl groups is 1. The van der Waals surface area contributed by atoms with Crippen molar-refractivity contribution < 1.29 is 33.3 Å². The van der Waals surface area contributed by atoms with Gasteiger partial charge in [-0.1, -0.05) is 47.7 Å². The minimum absolute atomic E-state index is 0.0121. The molecule has 1 N–H and O–H groups in total. The lowest BCUT2D eigenvalue weighted by atomic mass is 9.94. The second-order valence-electron chi connectivity index (χ2n) is 10.9. The van der Waals surface area contributed by atoms with Crippen LogP contribution >= 0.6 is 11.3 Å². The van der Waals surface area contributed by atoms with E-state index < -0.39 is 23.5 Å². The van der Waals surface area contributed by atoms with Crippen LogP contribution in [0.1, 0.15) is 35.2 Å². The van der Waals surface area contributed by atoms with Crippen molar-refractivity contribution in [3.05, 3.63) is 119 Å². The summed E-state index contributed by atoms with van der Waals surface area (Å²) in [5.41, 5.74) is 3.12. The number of thiazole rings is 1. The van der Waals surface area contributed by atoms with Gasteiger partial charge < -0.3 is 19.3 Å². The van der Waals surface area contributed by atoms with Crippen LogP contribution in [0.5, 0.6) is 17.2 Å². The van der Waals surface area contributed by atoms with E-state index in [-0.39, 0.29) is 22.6 Å². The van der Waals surface area contributed by atoms with Gasteiger partial charge >= 0.3 is 5.91 Å². The second kappa shape index (κ2) is 11.4. The van der Waals surface area contributed by atoms with Crippen LogP contribution in [0.25, 0.3) is 16.0 Å². The Morgan fingerprint density at radius 1 is 1.04 bits per heavy atom. The van der Waals surface area contributed by atoms with E-state index in [0.717, 1.165) is 22.5 Å². The van der Waals surface area contributed by atoms with E-state index in [2.05, 4.69) is 4.98 Å². The van der Waals surface area contributed by atoms with Crippen LogP contribution in [-0.4, -0.2) is 35.0 Å². The minimum atomic E-state index is -1.06. The lowest BCUT2D eigenvalue weighted by Gasteiger charge is -2.24. The summed E-state index contributed by atoms with van der Waals surface area (Å²) in [7, 11) is 1.50. The van der Waals surface area contributed by atoms with Crippen molar-refractivity contribution in [3.8, 4) is 17.2 Å². The van der Waals surface area contributed by atoms with Gasteiger partial charge in [-0.3, -0.25) is 14.5 Å². The number of nitrogens with zero attached hydrogens (tertiary/aromatic N) is 2. The monoisotopic (exact) mass is 622 g/mol. The van der Waals surface area contributed by atoms with Gasteiger partial charge in [-0.05, 0) is 72.1 Å². The molecule has 8 nitrogen and oxygen atoms in total. The normalized spacial score (nSPS) is 18.7. The molecule has 2 aliphatic heterocycles. The maximum Gasteiger partial charge on any atom is 0.301 e. The predicted octanol–water partition coefficient (Wildman–Crippen LogP) is 6.97. The fourth-order valence-electron chi connectivity index (χ4n) is 5.77. The zero-order valence-electron chi connectivity index (χ0n) is 24.3. The minimum Gasteiger partial charge on any atom is -0.507 e. The molecule has 0 bridgehead atoms. The molecule has 2 atom stereocenters. The third-order valence-corrected chi connectivity index (χ3v) is 8.92. The van der Waals surface area contributed by atoms with E-state index in [9.17, 15) is 19.1 Å². The molecule has 0 unspecified atom stereocenters. The Hall–Kier alpha value is -5.22. The van der Waals surface area contributed by atoms with Crippen LogP contribution in [0.3, 0.4) is 0 Å². The molecule has 3 heterocycles. The Balaban J connectivity index is 1.35. The summed E-state index contributed by atoms with van der Waals surface area (Å²) in [6.45, 7) is 2.26. The number of hydrogen-bond donors (Lipinski definition) is 1. The molecule has 226 valence electrons. The highest BCUT2D eigenvalue weighted by Crippen LogP contribution is 2.46. The highest BCUT2D eigenvalue weighted by molar-refractivity contribution is 7.22. The number of methoxy groups -OCH3 is 1. The van der Waals surface area contributed by atoms with Crippen molar-refractivity contribution in [1.82, 2.24) is 4.98 Å². The quantitative estimate of drug-likeness (QED) is 0.119. The Labute approximate surface area is 261 Å². The number of benzene rings is 4. The van der Waals surface area contributed by atoms with Gasteiger partial charge in [0.1, 0.15) is 30.0 Å². The summed E-state index contributed by atoms with van der Waals surface area (Å²) >= 11 is 1.08. The SMILES string of the molecule is COc1cc([C@H]2C(=C(O)c3ccc4c(c3)C[C@@H](C)O4)C(=O)C(=O)N2c2nc3ccc(F)cc3s2)ccc1OCc1ccccc1. The van der Waals surface area contributed by atoms with E-state index in [1.54, 1.807) is 36.4 Å². The number of halogens is 1. The van der Waals surface area contributed by atoms with Gasteiger partial charge in [0.15, 0.2) is 16.6 Å². The van der Waals surface area contributed by atoms with Gasteiger partial charge in [-0.25, -0.2) is 9.37 Å². The number of fused-ring (bicyclic) bond motifs is 2. The molecule has 10 heteroatoms. The van der Waals surface area contributed by atoms with E-state index >= 15 is 0 Å². The summed E-state index contributed by atoms with van der Waals surface area (Å²) in [6, 6.07) is 23.1. The number of carbonyl (C=O) groups excluding carboxylic acids is 2. The van der Waals surface area contributed by atoms with Crippen LogP contribution < -0.4 is 19.1 Å².